The summed E-state index contributed by atoms with van der Waals surface area (Å²) in [6.45, 7) is 1.88. The molecular weight excluding hydrogens is 248 g/mol. The summed E-state index contributed by atoms with van der Waals surface area (Å²) in [5.41, 5.74) is 2.61. The first kappa shape index (κ1) is 11.1. The molecule has 0 bridgehead atoms. The lowest BCUT2D eigenvalue weighted by molar-refractivity contribution is 0.481. The zero-order valence-corrected chi connectivity index (χ0v) is 10.5. The van der Waals surface area contributed by atoms with Crippen LogP contribution in [0.2, 0.25) is 5.02 Å². The van der Waals surface area contributed by atoms with Crippen LogP contribution in [0.5, 0.6) is 5.75 Å². The second-order valence-corrected chi connectivity index (χ2v) is 4.58. The van der Waals surface area contributed by atoms with E-state index in [2.05, 4.69) is 5.10 Å². The van der Waals surface area contributed by atoms with Crippen molar-refractivity contribution in [2.45, 2.75) is 6.92 Å². The SMILES string of the molecule is Cc1nn(-c2ccc(Cl)cc2)c2cccc(O)c12. The first-order chi connectivity index (χ1) is 8.66. The number of phenolic OH excluding ortho intramolecular Hbond substituents is 1. The van der Waals surface area contributed by atoms with E-state index >= 15 is 0 Å². The predicted molar refractivity (Wildman–Crippen MR) is 72.5 cm³/mol. The monoisotopic (exact) mass is 258 g/mol. The molecule has 0 fully saturated rings. The van der Waals surface area contributed by atoms with Gasteiger partial charge in [0, 0.05) is 5.02 Å². The number of benzene rings is 2. The summed E-state index contributed by atoms with van der Waals surface area (Å²) in [6, 6.07) is 12.9. The summed E-state index contributed by atoms with van der Waals surface area (Å²) in [5, 5.41) is 15.8. The number of aromatic hydroxyl groups is 1. The molecule has 0 atom stereocenters. The lowest BCUT2D eigenvalue weighted by Crippen LogP contribution is -1.95. The molecule has 0 aliphatic heterocycles. The van der Waals surface area contributed by atoms with E-state index in [1.807, 2.05) is 43.3 Å². The topological polar surface area (TPSA) is 38.0 Å². The molecule has 0 aliphatic carbocycles. The van der Waals surface area contributed by atoms with Crippen molar-refractivity contribution in [1.82, 2.24) is 9.78 Å². The van der Waals surface area contributed by atoms with Crippen molar-refractivity contribution in [3.05, 3.63) is 53.2 Å². The Labute approximate surface area is 109 Å². The zero-order valence-electron chi connectivity index (χ0n) is 9.76. The molecule has 1 aromatic heterocycles. The number of phenols is 1. The molecule has 0 amide bonds. The van der Waals surface area contributed by atoms with E-state index in [4.69, 9.17) is 11.6 Å². The third-order valence-electron chi connectivity index (χ3n) is 2.93. The van der Waals surface area contributed by atoms with Gasteiger partial charge in [0.15, 0.2) is 0 Å². The molecule has 1 N–H and O–H groups in total. The average Bonchev–Trinajstić information content (AvgIpc) is 2.69. The Morgan fingerprint density at radius 1 is 1.11 bits per heavy atom. The van der Waals surface area contributed by atoms with Crippen molar-refractivity contribution in [3.63, 3.8) is 0 Å². The van der Waals surface area contributed by atoms with Gasteiger partial charge < -0.3 is 5.11 Å². The van der Waals surface area contributed by atoms with Gasteiger partial charge in [-0.25, -0.2) is 4.68 Å². The molecule has 3 nitrogen and oxygen atoms in total. The largest absolute Gasteiger partial charge is 0.507 e. The van der Waals surface area contributed by atoms with Crippen molar-refractivity contribution in [2.24, 2.45) is 0 Å². The van der Waals surface area contributed by atoms with E-state index < -0.39 is 0 Å². The summed E-state index contributed by atoms with van der Waals surface area (Å²) >= 11 is 5.88. The van der Waals surface area contributed by atoms with E-state index in [1.165, 1.54) is 0 Å². The standard InChI is InChI=1S/C14H11ClN2O/c1-9-14-12(3-2-4-13(14)18)17(16-9)11-7-5-10(15)6-8-11/h2-8,18H,1H3. The van der Waals surface area contributed by atoms with Crippen LogP contribution in [0.4, 0.5) is 0 Å². The van der Waals surface area contributed by atoms with Crippen molar-refractivity contribution in [2.75, 3.05) is 0 Å². The fourth-order valence-electron chi connectivity index (χ4n) is 2.11. The number of aromatic nitrogens is 2. The molecule has 0 saturated heterocycles. The van der Waals surface area contributed by atoms with Crippen LogP contribution in [0.25, 0.3) is 16.6 Å². The molecule has 0 aliphatic rings. The fourth-order valence-corrected chi connectivity index (χ4v) is 2.23. The molecule has 90 valence electrons. The van der Waals surface area contributed by atoms with Gasteiger partial charge in [0.25, 0.3) is 0 Å². The van der Waals surface area contributed by atoms with E-state index in [1.54, 1.807) is 10.7 Å². The second-order valence-electron chi connectivity index (χ2n) is 4.14. The maximum atomic E-state index is 9.88. The molecule has 1 heterocycles. The number of nitrogens with zero attached hydrogens (tertiary/aromatic N) is 2. The van der Waals surface area contributed by atoms with Gasteiger partial charge in [-0.1, -0.05) is 17.7 Å². The van der Waals surface area contributed by atoms with Crippen LogP contribution in [0.15, 0.2) is 42.5 Å². The Kier molecular flexibility index (Phi) is 2.49. The molecule has 18 heavy (non-hydrogen) atoms. The van der Waals surface area contributed by atoms with E-state index in [0.717, 1.165) is 22.3 Å². The number of hydrogen-bond acceptors (Lipinski definition) is 2. The van der Waals surface area contributed by atoms with Crippen LogP contribution in [-0.4, -0.2) is 14.9 Å². The third kappa shape index (κ3) is 1.64. The summed E-state index contributed by atoms with van der Waals surface area (Å²) in [7, 11) is 0. The van der Waals surface area contributed by atoms with Crippen LogP contribution in [0, 0.1) is 6.92 Å². The second kappa shape index (κ2) is 4.03. The van der Waals surface area contributed by atoms with Gasteiger partial charge in [0.1, 0.15) is 5.75 Å². The van der Waals surface area contributed by atoms with Gasteiger partial charge in [-0.15, -0.1) is 0 Å². The van der Waals surface area contributed by atoms with Gasteiger partial charge in [-0.05, 0) is 43.3 Å². The first-order valence-corrected chi connectivity index (χ1v) is 5.98. The lowest BCUT2D eigenvalue weighted by Gasteiger charge is -2.03. The number of rotatable bonds is 1. The predicted octanol–water partition coefficient (Wildman–Crippen LogP) is 3.69. The lowest BCUT2D eigenvalue weighted by atomic mass is 10.2. The fraction of sp³-hybridized carbons (Fsp3) is 0.0714. The molecule has 3 rings (SSSR count). The van der Waals surface area contributed by atoms with Crippen LogP contribution in [0.3, 0.4) is 0 Å². The molecule has 0 spiro atoms. The van der Waals surface area contributed by atoms with Crippen molar-refractivity contribution in [3.8, 4) is 11.4 Å². The summed E-state index contributed by atoms with van der Waals surface area (Å²) in [4.78, 5) is 0. The minimum atomic E-state index is 0.255. The molecule has 0 radical (unpaired) electrons. The zero-order chi connectivity index (χ0) is 12.7. The minimum Gasteiger partial charge on any atom is -0.507 e. The Morgan fingerprint density at radius 2 is 1.83 bits per heavy atom. The normalized spacial score (nSPS) is 11.0. The number of fused-ring (bicyclic) bond motifs is 1. The van der Waals surface area contributed by atoms with Crippen LogP contribution < -0.4 is 0 Å². The highest BCUT2D eigenvalue weighted by molar-refractivity contribution is 6.30. The first-order valence-electron chi connectivity index (χ1n) is 5.60. The quantitative estimate of drug-likeness (QED) is 0.723. The smallest absolute Gasteiger partial charge is 0.126 e. The molecular formula is C14H11ClN2O. The number of halogens is 1. The van der Waals surface area contributed by atoms with Gasteiger partial charge >= 0.3 is 0 Å². The minimum absolute atomic E-state index is 0.255. The van der Waals surface area contributed by atoms with E-state index in [0.29, 0.717) is 5.02 Å². The van der Waals surface area contributed by atoms with Crippen LogP contribution >= 0.6 is 11.6 Å². The molecule has 0 saturated carbocycles. The maximum Gasteiger partial charge on any atom is 0.126 e. The highest BCUT2D eigenvalue weighted by Gasteiger charge is 2.11. The summed E-state index contributed by atoms with van der Waals surface area (Å²) in [6.07, 6.45) is 0. The average molecular weight is 259 g/mol. The third-order valence-corrected chi connectivity index (χ3v) is 3.18. The molecule has 4 heteroatoms. The van der Waals surface area contributed by atoms with Gasteiger partial charge in [0.05, 0.1) is 22.3 Å². The molecule has 3 aromatic rings. The Bertz CT molecular complexity index is 716. The van der Waals surface area contributed by atoms with E-state index in [-0.39, 0.29) is 5.75 Å². The van der Waals surface area contributed by atoms with E-state index in [9.17, 15) is 5.11 Å². The Morgan fingerprint density at radius 3 is 2.56 bits per heavy atom. The summed E-state index contributed by atoms with van der Waals surface area (Å²) in [5.74, 6) is 0.255. The highest BCUT2D eigenvalue weighted by atomic mass is 35.5. The van der Waals surface area contributed by atoms with Crippen molar-refractivity contribution >= 4 is 22.5 Å². The number of hydrogen-bond donors (Lipinski definition) is 1. The molecule has 0 unspecified atom stereocenters. The van der Waals surface area contributed by atoms with Gasteiger partial charge in [0.2, 0.25) is 0 Å². The van der Waals surface area contributed by atoms with Crippen molar-refractivity contribution in [1.29, 1.82) is 0 Å². The maximum absolute atomic E-state index is 9.88. The van der Waals surface area contributed by atoms with Gasteiger partial charge in [-0.3, -0.25) is 0 Å². The van der Waals surface area contributed by atoms with Crippen LogP contribution in [0.1, 0.15) is 5.69 Å². The van der Waals surface area contributed by atoms with Crippen molar-refractivity contribution < 1.29 is 5.11 Å². The Hall–Kier alpha value is -2.00. The number of aryl methyl sites for hydroxylation is 1. The molecule has 2 aromatic carbocycles. The van der Waals surface area contributed by atoms with Crippen LogP contribution in [-0.2, 0) is 0 Å². The van der Waals surface area contributed by atoms with Gasteiger partial charge in [-0.2, -0.15) is 5.10 Å². The Balaban J connectivity index is 2.30. The summed E-state index contributed by atoms with van der Waals surface area (Å²) < 4.78 is 1.81. The highest BCUT2D eigenvalue weighted by Crippen LogP contribution is 2.29.